The summed E-state index contributed by atoms with van der Waals surface area (Å²) in [7, 11) is 0. The van der Waals surface area contributed by atoms with Gasteiger partial charge in [-0.3, -0.25) is 9.36 Å². The second-order valence-electron chi connectivity index (χ2n) is 5.10. The quantitative estimate of drug-likeness (QED) is 0.718. The molecule has 0 amide bonds. The van der Waals surface area contributed by atoms with E-state index in [1.807, 2.05) is 68.4 Å². The number of aromatic nitrogens is 2. The zero-order chi connectivity index (χ0) is 14.8. The van der Waals surface area contributed by atoms with Gasteiger partial charge in [-0.1, -0.05) is 48.0 Å². The van der Waals surface area contributed by atoms with Crippen LogP contribution in [0, 0.1) is 13.8 Å². The molecule has 0 unspecified atom stereocenters. The molecule has 3 rings (SSSR count). The van der Waals surface area contributed by atoms with Crippen molar-refractivity contribution in [1.82, 2.24) is 9.55 Å². The van der Waals surface area contributed by atoms with Crippen LogP contribution in [0.25, 0.3) is 17.1 Å². The van der Waals surface area contributed by atoms with Gasteiger partial charge in [-0.05, 0) is 26.0 Å². The van der Waals surface area contributed by atoms with Crippen LogP contribution in [0.4, 0.5) is 0 Å². The summed E-state index contributed by atoms with van der Waals surface area (Å²) in [6, 6.07) is 19.2. The van der Waals surface area contributed by atoms with E-state index in [0.717, 1.165) is 22.5 Å². The normalized spacial score (nSPS) is 10.6. The third kappa shape index (κ3) is 2.63. The van der Waals surface area contributed by atoms with Crippen LogP contribution in [-0.2, 0) is 0 Å². The van der Waals surface area contributed by atoms with Gasteiger partial charge in [-0.15, -0.1) is 0 Å². The van der Waals surface area contributed by atoms with Crippen molar-refractivity contribution in [3.63, 3.8) is 0 Å². The minimum atomic E-state index is -0.0646. The molecule has 1 aromatic heterocycles. The lowest BCUT2D eigenvalue weighted by Gasteiger charge is -2.13. The van der Waals surface area contributed by atoms with E-state index in [4.69, 9.17) is 0 Å². The molecule has 3 nitrogen and oxygen atoms in total. The third-order valence-corrected chi connectivity index (χ3v) is 3.37. The lowest BCUT2D eigenvalue weighted by Crippen LogP contribution is -2.21. The molecule has 21 heavy (non-hydrogen) atoms. The van der Waals surface area contributed by atoms with Crippen molar-refractivity contribution in [2.45, 2.75) is 13.8 Å². The number of aryl methyl sites for hydroxylation is 2. The van der Waals surface area contributed by atoms with Gasteiger partial charge in [-0.25, -0.2) is 4.98 Å². The SMILES string of the molecule is Cc1ccc(-n2c(-c3ccccc3)nc(C)cc2=O)cc1. The fourth-order valence-electron chi connectivity index (χ4n) is 2.32. The first-order valence-corrected chi connectivity index (χ1v) is 6.88. The van der Waals surface area contributed by atoms with Crippen LogP contribution in [-0.4, -0.2) is 9.55 Å². The molecule has 0 atom stereocenters. The molecule has 0 spiro atoms. The molecule has 0 aliphatic heterocycles. The van der Waals surface area contributed by atoms with E-state index in [1.54, 1.807) is 10.6 Å². The van der Waals surface area contributed by atoms with Gasteiger partial charge in [0, 0.05) is 17.3 Å². The molecule has 0 aliphatic rings. The molecular formula is C18H16N2O. The minimum absolute atomic E-state index is 0.0646. The third-order valence-electron chi connectivity index (χ3n) is 3.37. The van der Waals surface area contributed by atoms with Gasteiger partial charge in [0.15, 0.2) is 0 Å². The molecular weight excluding hydrogens is 260 g/mol. The fourth-order valence-corrected chi connectivity index (χ4v) is 2.32. The average molecular weight is 276 g/mol. The van der Waals surface area contributed by atoms with Gasteiger partial charge in [0.05, 0.1) is 5.69 Å². The monoisotopic (exact) mass is 276 g/mol. The average Bonchev–Trinajstić information content (AvgIpc) is 2.49. The minimum Gasteiger partial charge on any atom is -0.269 e. The van der Waals surface area contributed by atoms with Crippen molar-refractivity contribution in [1.29, 1.82) is 0 Å². The summed E-state index contributed by atoms with van der Waals surface area (Å²) < 4.78 is 1.65. The molecule has 0 saturated carbocycles. The number of hydrogen-bond acceptors (Lipinski definition) is 2. The Hall–Kier alpha value is -2.68. The number of nitrogens with zero attached hydrogens (tertiary/aromatic N) is 2. The van der Waals surface area contributed by atoms with Crippen molar-refractivity contribution in [3.8, 4) is 17.1 Å². The maximum absolute atomic E-state index is 12.4. The summed E-state index contributed by atoms with van der Waals surface area (Å²) in [5, 5.41) is 0. The maximum Gasteiger partial charge on any atom is 0.258 e. The van der Waals surface area contributed by atoms with E-state index in [9.17, 15) is 4.79 Å². The van der Waals surface area contributed by atoms with Crippen molar-refractivity contribution in [2.75, 3.05) is 0 Å². The largest absolute Gasteiger partial charge is 0.269 e. The van der Waals surface area contributed by atoms with Gasteiger partial charge in [0.25, 0.3) is 5.56 Å². The number of hydrogen-bond donors (Lipinski definition) is 0. The van der Waals surface area contributed by atoms with E-state index in [2.05, 4.69) is 4.98 Å². The first kappa shape index (κ1) is 13.3. The van der Waals surface area contributed by atoms with Crippen LogP contribution in [0.5, 0.6) is 0 Å². The Labute approximate surface area is 123 Å². The fraction of sp³-hybridized carbons (Fsp3) is 0.111. The lowest BCUT2D eigenvalue weighted by atomic mass is 10.1. The summed E-state index contributed by atoms with van der Waals surface area (Å²) in [6.07, 6.45) is 0. The second kappa shape index (κ2) is 5.37. The lowest BCUT2D eigenvalue weighted by molar-refractivity contribution is 0.929. The zero-order valence-electron chi connectivity index (χ0n) is 12.1. The van der Waals surface area contributed by atoms with Crippen molar-refractivity contribution < 1.29 is 0 Å². The Morgan fingerprint density at radius 1 is 0.905 bits per heavy atom. The predicted octanol–water partition coefficient (Wildman–Crippen LogP) is 3.52. The van der Waals surface area contributed by atoms with Gasteiger partial charge in [-0.2, -0.15) is 0 Å². The van der Waals surface area contributed by atoms with Crippen LogP contribution in [0.2, 0.25) is 0 Å². The Kier molecular flexibility index (Phi) is 3.40. The van der Waals surface area contributed by atoms with Crippen molar-refractivity contribution in [3.05, 3.63) is 82.3 Å². The summed E-state index contributed by atoms with van der Waals surface area (Å²) in [4.78, 5) is 17.0. The van der Waals surface area contributed by atoms with E-state index in [-0.39, 0.29) is 5.56 Å². The van der Waals surface area contributed by atoms with Crippen LogP contribution in [0.3, 0.4) is 0 Å². The number of rotatable bonds is 2. The van der Waals surface area contributed by atoms with Crippen LogP contribution >= 0.6 is 0 Å². The molecule has 2 aromatic carbocycles. The van der Waals surface area contributed by atoms with E-state index >= 15 is 0 Å². The Balaban J connectivity index is 2.29. The topological polar surface area (TPSA) is 34.9 Å². The van der Waals surface area contributed by atoms with Gasteiger partial charge in [0.2, 0.25) is 0 Å². The summed E-state index contributed by atoms with van der Waals surface area (Å²) in [5.41, 5.74) is 3.58. The molecule has 0 aliphatic carbocycles. The highest BCUT2D eigenvalue weighted by atomic mass is 16.1. The Morgan fingerprint density at radius 3 is 2.24 bits per heavy atom. The first-order valence-electron chi connectivity index (χ1n) is 6.88. The molecule has 0 fully saturated rings. The Morgan fingerprint density at radius 2 is 1.57 bits per heavy atom. The number of benzene rings is 2. The highest BCUT2D eigenvalue weighted by molar-refractivity contribution is 5.58. The summed E-state index contributed by atoms with van der Waals surface area (Å²) in [6.45, 7) is 3.87. The first-order chi connectivity index (χ1) is 10.1. The Bertz CT molecular complexity index is 818. The zero-order valence-corrected chi connectivity index (χ0v) is 12.1. The standard InChI is InChI=1S/C18H16N2O/c1-13-8-10-16(11-9-13)20-17(21)12-14(2)19-18(20)15-6-4-3-5-7-15/h3-12H,1-2H3. The van der Waals surface area contributed by atoms with Gasteiger partial charge < -0.3 is 0 Å². The van der Waals surface area contributed by atoms with Crippen LogP contribution in [0.15, 0.2) is 65.5 Å². The predicted molar refractivity (Wildman–Crippen MR) is 84.7 cm³/mol. The second-order valence-corrected chi connectivity index (χ2v) is 5.10. The van der Waals surface area contributed by atoms with Gasteiger partial charge >= 0.3 is 0 Å². The molecule has 1 heterocycles. The van der Waals surface area contributed by atoms with Gasteiger partial charge in [0.1, 0.15) is 5.82 Å². The molecule has 104 valence electrons. The van der Waals surface area contributed by atoms with E-state index in [0.29, 0.717) is 5.82 Å². The maximum atomic E-state index is 12.4. The molecule has 0 saturated heterocycles. The molecule has 0 bridgehead atoms. The smallest absolute Gasteiger partial charge is 0.258 e. The summed E-state index contributed by atoms with van der Waals surface area (Å²) >= 11 is 0. The van der Waals surface area contributed by atoms with Crippen molar-refractivity contribution in [2.24, 2.45) is 0 Å². The van der Waals surface area contributed by atoms with Crippen LogP contribution < -0.4 is 5.56 Å². The van der Waals surface area contributed by atoms with E-state index < -0.39 is 0 Å². The molecule has 3 aromatic rings. The highest BCUT2D eigenvalue weighted by Gasteiger charge is 2.10. The van der Waals surface area contributed by atoms with Crippen molar-refractivity contribution >= 4 is 0 Å². The van der Waals surface area contributed by atoms with E-state index in [1.165, 1.54) is 0 Å². The summed E-state index contributed by atoms with van der Waals surface area (Å²) in [5.74, 6) is 0.671. The molecule has 3 heteroatoms. The molecule has 0 N–H and O–H groups in total. The highest BCUT2D eigenvalue weighted by Crippen LogP contribution is 2.19. The van der Waals surface area contributed by atoms with Crippen LogP contribution in [0.1, 0.15) is 11.3 Å². The molecule has 0 radical (unpaired) electrons.